The van der Waals surface area contributed by atoms with Gasteiger partial charge in [0.1, 0.15) is 5.75 Å². The van der Waals surface area contributed by atoms with Crippen molar-refractivity contribution in [1.29, 1.82) is 0 Å². The van der Waals surface area contributed by atoms with Crippen LogP contribution in [0.25, 0.3) is 5.65 Å². The number of rotatable bonds is 2. The third-order valence-electron chi connectivity index (χ3n) is 1.73. The average Bonchev–Trinajstić information content (AvgIpc) is 2.52. The van der Waals surface area contributed by atoms with Gasteiger partial charge in [-0.05, 0) is 6.07 Å². The molecule has 0 unspecified atom stereocenters. The standard InChI is InChI=1S/C8H7F3N4O/c9-8(10,11)4-16-5-1-2-15-6(3-5)13-7(12)14-15/h1-3H,4H2,(H2,12,14). The first-order valence-corrected chi connectivity index (χ1v) is 4.25. The van der Waals surface area contributed by atoms with Crippen molar-refractivity contribution in [2.45, 2.75) is 6.18 Å². The molecule has 0 spiro atoms. The lowest BCUT2D eigenvalue weighted by atomic mass is 10.4. The predicted octanol–water partition coefficient (Wildman–Crippen LogP) is 1.25. The molecule has 0 aliphatic heterocycles. The van der Waals surface area contributed by atoms with Crippen LogP contribution in [0.5, 0.6) is 5.75 Å². The molecule has 0 atom stereocenters. The van der Waals surface area contributed by atoms with Gasteiger partial charge in [-0.25, -0.2) is 4.52 Å². The number of aromatic nitrogens is 3. The number of halogens is 3. The first-order chi connectivity index (χ1) is 7.44. The van der Waals surface area contributed by atoms with Gasteiger partial charge in [0, 0.05) is 12.3 Å². The van der Waals surface area contributed by atoms with Gasteiger partial charge < -0.3 is 10.5 Å². The third-order valence-corrected chi connectivity index (χ3v) is 1.73. The minimum absolute atomic E-state index is 0.0490. The molecule has 8 heteroatoms. The molecule has 2 rings (SSSR count). The number of nitrogen functional groups attached to an aromatic ring is 1. The average molecular weight is 232 g/mol. The number of alkyl halides is 3. The fourth-order valence-corrected chi connectivity index (χ4v) is 1.14. The highest BCUT2D eigenvalue weighted by molar-refractivity contribution is 5.46. The van der Waals surface area contributed by atoms with Gasteiger partial charge in [0.15, 0.2) is 12.3 Å². The maximum Gasteiger partial charge on any atom is 0.422 e. The van der Waals surface area contributed by atoms with Crippen molar-refractivity contribution in [2.75, 3.05) is 12.3 Å². The van der Waals surface area contributed by atoms with Crippen molar-refractivity contribution in [2.24, 2.45) is 0 Å². The van der Waals surface area contributed by atoms with E-state index in [9.17, 15) is 13.2 Å². The Hall–Kier alpha value is -1.99. The van der Waals surface area contributed by atoms with E-state index in [0.29, 0.717) is 5.65 Å². The molecule has 2 heterocycles. The first kappa shape index (κ1) is 10.5. The number of fused-ring (bicyclic) bond motifs is 1. The highest BCUT2D eigenvalue weighted by atomic mass is 19.4. The quantitative estimate of drug-likeness (QED) is 0.846. The number of anilines is 1. The van der Waals surface area contributed by atoms with Gasteiger partial charge >= 0.3 is 6.18 Å². The van der Waals surface area contributed by atoms with E-state index in [2.05, 4.69) is 14.8 Å². The fourth-order valence-electron chi connectivity index (χ4n) is 1.14. The molecule has 2 aromatic heterocycles. The molecule has 0 saturated heterocycles. The van der Waals surface area contributed by atoms with E-state index in [4.69, 9.17) is 5.73 Å². The number of ether oxygens (including phenoxy) is 1. The number of nitrogens with two attached hydrogens (primary N) is 1. The second-order valence-electron chi connectivity index (χ2n) is 3.04. The van der Waals surface area contributed by atoms with Crippen molar-refractivity contribution in [3.8, 4) is 5.75 Å². The summed E-state index contributed by atoms with van der Waals surface area (Å²) in [6.07, 6.45) is -2.94. The summed E-state index contributed by atoms with van der Waals surface area (Å²) in [5.74, 6) is 0.116. The number of pyridine rings is 1. The molecule has 0 bridgehead atoms. The summed E-state index contributed by atoms with van der Waals surface area (Å²) in [6.45, 7) is -1.34. The van der Waals surface area contributed by atoms with Gasteiger partial charge in [-0.3, -0.25) is 0 Å². The normalized spacial score (nSPS) is 11.9. The fraction of sp³-hybridized carbons (Fsp3) is 0.250. The Morgan fingerprint density at radius 2 is 2.19 bits per heavy atom. The molecular weight excluding hydrogens is 225 g/mol. The van der Waals surface area contributed by atoms with Crippen LogP contribution in [0.1, 0.15) is 0 Å². The second-order valence-corrected chi connectivity index (χ2v) is 3.04. The number of hydrogen-bond acceptors (Lipinski definition) is 4. The molecule has 0 aliphatic rings. The Balaban J connectivity index is 2.19. The van der Waals surface area contributed by atoms with Gasteiger partial charge in [0.05, 0.1) is 0 Å². The zero-order valence-electron chi connectivity index (χ0n) is 7.90. The largest absolute Gasteiger partial charge is 0.484 e. The monoisotopic (exact) mass is 232 g/mol. The van der Waals surface area contributed by atoms with Crippen molar-refractivity contribution in [3.05, 3.63) is 18.3 Å². The Labute approximate surface area is 87.6 Å². The summed E-state index contributed by atoms with van der Waals surface area (Å²) in [5, 5.41) is 3.77. The van der Waals surface area contributed by atoms with Crippen molar-refractivity contribution < 1.29 is 17.9 Å². The number of hydrogen-bond donors (Lipinski definition) is 1. The van der Waals surface area contributed by atoms with Crippen LogP contribution in [0.4, 0.5) is 19.1 Å². The summed E-state index contributed by atoms with van der Waals surface area (Å²) in [6, 6.07) is 2.68. The lowest BCUT2D eigenvalue weighted by Crippen LogP contribution is -2.19. The molecule has 0 aromatic carbocycles. The van der Waals surface area contributed by atoms with Gasteiger partial charge in [-0.15, -0.1) is 5.10 Å². The lowest BCUT2D eigenvalue weighted by molar-refractivity contribution is -0.153. The minimum atomic E-state index is -4.36. The molecule has 0 aliphatic carbocycles. The van der Waals surface area contributed by atoms with E-state index in [-0.39, 0.29) is 11.7 Å². The molecule has 0 fully saturated rings. The van der Waals surface area contributed by atoms with Crippen LogP contribution in [0, 0.1) is 0 Å². The summed E-state index contributed by atoms with van der Waals surface area (Å²) in [5.41, 5.74) is 5.65. The van der Waals surface area contributed by atoms with Crippen LogP contribution in [0.3, 0.4) is 0 Å². The topological polar surface area (TPSA) is 65.4 Å². The molecule has 0 amide bonds. The summed E-state index contributed by atoms with van der Waals surface area (Å²) in [7, 11) is 0. The molecule has 16 heavy (non-hydrogen) atoms. The minimum Gasteiger partial charge on any atom is -0.484 e. The van der Waals surface area contributed by atoms with E-state index in [1.165, 1.54) is 22.8 Å². The van der Waals surface area contributed by atoms with E-state index in [0.717, 1.165) is 0 Å². The molecule has 2 N–H and O–H groups in total. The summed E-state index contributed by atoms with van der Waals surface area (Å²) < 4.78 is 41.5. The van der Waals surface area contributed by atoms with Crippen LogP contribution in [-0.2, 0) is 0 Å². The SMILES string of the molecule is Nc1nc2cc(OCC(F)(F)F)ccn2n1. The third kappa shape index (κ3) is 2.33. The van der Waals surface area contributed by atoms with E-state index in [1.54, 1.807) is 0 Å². The van der Waals surface area contributed by atoms with Crippen LogP contribution in [0.2, 0.25) is 0 Å². The Morgan fingerprint density at radius 1 is 1.44 bits per heavy atom. The maximum atomic E-state index is 11.9. The van der Waals surface area contributed by atoms with Gasteiger partial charge in [-0.2, -0.15) is 18.2 Å². The zero-order chi connectivity index (χ0) is 11.8. The summed E-state index contributed by atoms with van der Waals surface area (Å²) in [4.78, 5) is 3.79. The van der Waals surface area contributed by atoms with E-state index >= 15 is 0 Å². The zero-order valence-corrected chi connectivity index (χ0v) is 7.90. The van der Waals surface area contributed by atoms with E-state index in [1.807, 2.05) is 0 Å². The smallest absolute Gasteiger partial charge is 0.422 e. The Kier molecular flexibility index (Phi) is 2.33. The van der Waals surface area contributed by atoms with Crippen LogP contribution in [-0.4, -0.2) is 27.4 Å². The van der Waals surface area contributed by atoms with Crippen LogP contribution >= 0.6 is 0 Å². The molecule has 5 nitrogen and oxygen atoms in total. The second kappa shape index (κ2) is 3.54. The maximum absolute atomic E-state index is 11.9. The molecule has 0 radical (unpaired) electrons. The number of nitrogens with zero attached hydrogens (tertiary/aromatic N) is 3. The van der Waals surface area contributed by atoms with Crippen molar-refractivity contribution in [1.82, 2.24) is 14.6 Å². The summed E-state index contributed by atoms with van der Waals surface area (Å²) >= 11 is 0. The predicted molar refractivity (Wildman–Crippen MR) is 48.9 cm³/mol. The Bertz CT molecular complexity index is 507. The van der Waals surface area contributed by atoms with E-state index < -0.39 is 12.8 Å². The molecular formula is C8H7F3N4O. The van der Waals surface area contributed by atoms with Crippen molar-refractivity contribution in [3.63, 3.8) is 0 Å². The van der Waals surface area contributed by atoms with Gasteiger partial charge in [-0.1, -0.05) is 0 Å². The lowest BCUT2D eigenvalue weighted by Gasteiger charge is -2.08. The first-order valence-electron chi connectivity index (χ1n) is 4.25. The van der Waals surface area contributed by atoms with Crippen molar-refractivity contribution >= 4 is 11.6 Å². The van der Waals surface area contributed by atoms with Crippen LogP contribution < -0.4 is 10.5 Å². The highest BCUT2D eigenvalue weighted by Gasteiger charge is 2.28. The van der Waals surface area contributed by atoms with Gasteiger partial charge in [0.25, 0.3) is 0 Å². The molecule has 86 valence electrons. The Morgan fingerprint density at radius 3 is 2.88 bits per heavy atom. The molecule has 0 saturated carbocycles. The highest BCUT2D eigenvalue weighted by Crippen LogP contribution is 2.19. The van der Waals surface area contributed by atoms with Gasteiger partial charge in [0.2, 0.25) is 5.95 Å². The van der Waals surface area contributed by atoms with Crippen LogP contribution in [0.15, 0.2) is 18.3 Å². The molecule has 2 aromatic rings.